The van der Waals surface area contributed by atoms with Gasteiger partial charge in [-0.3, -0.25) is 9.69 Å². The van der Waals surface area contributed by atoms with Gasteiger partial charge in [0.2, 0.25) is 0 Å². The first kappa shape index (κ1) is 12.5. The maximum Gasteiger partial charge on any atom is 0.323 e. The lowest BCUT2D eigenvalue weighted by molar-refractivity contribution is -0.153. The van der Waals surface area contributed by atoms with Crippen LogP contribution in [0.25, 0.3) is 0 Å². The lowest BCUT2D eigenvalue weighted by atomic mass is 9.87. The van der Waals surface area contributed by atoms with Crippen LogP contribution in [0.1, 0.15) is 33.1 Å². The van der Waals surface area contributed by atoms with Crippen LogP contribution in [-0.4, -0.2) is 46.3 Å². The molecule has 0 aromatic rings. The number of hydrogen-bond donors (Lipinski definition) is 2. The third kappa shape index (κ3) is 2.69. The highest BCUT2D eigenvalue weighted by atomic mass is 16.4. The summed E-state index contributed by atoms with van der Waals surface area (Å²) in [4.78, 5) is 13.3. The van der Waals surface area contributed by atoms with Crippen LogP contribution in [0.4, 0.5) is 0 Å². The lowest BCUT2D eigenvalue weighted by Crippen LogP contribution is -2.56. The number of carboxylic acids is 1. The number of aliphatic carboxylic acids is 1. The van der Waals surface area contributed by atoms with E-state index in [1.165, 1.54) is 0 Å². The molecule has 1 aliphatic rings. The van der Waals surface area contributed by atoms with E-state index in [-0.39, 0.29) is 12.5 Å². The Hall–Kier alpha value is -0.610. The molecule has 4 heteroatoms. The Morgan fingerprint density at radius 2 is 2.20 bits per heavy atom. The van der Waals surface area contributed by atoms with Crippen molar-refractivity contribution in [3.8, 4) is 0 Å². The van der Waals surface area contributed by atoms with Crippen LogP contribution < -0.4 is 0 Å². The van der Waals surface area contributed by atoms with Gasteiger partial charge in [0.15, 0.2) is 0 Å². The van der Waals surface area contributed by atoms with Gasteiger partial charge >= 0.3 is 5.97 Å². The summed E-state index contributed by atoms with van der Waals surface area (Å²) in [6.07, 6.45) is 2.74. The van der Waals surface area contributed by atoms with E-state index in [0.29, 0.717) is 13.0 Å². The van der Waals surface area contributed by atoms with Gasteiger partial charge < -0.3 is 10.2 Å². The molecule has 2 atom stereocenters. The minimum absolute atomic E-state index is 0.117. The van der Waals surface area contributed by atoms with Gasteiger partial charge in [0, 0.05) is 13.2 Å². The molecule has 0 radical (unpaired) electrons. The van der Waals surface area contributed by atoms with Crippen LogP contribution in [0.15, 0.2) is 0 Å². The summed E-state index contributed by atoms with van der Waals surface area (Å²) in [5.41, 5.74) is -0.734. The van der Waals surface area contributed by atoms with Crippen molar-refractivity contribution in [3.05, 3.63) is 0 Å². The van der Waals surface area contributed by atoms with Gasteiger partial charge in [0.25, 0.3) is 0 Å². The van der Waals surface area contributed by atoms with Crippen LogP contribution >= 0.6 is 0 Å². The molecule has 0 aromatic heterocycles. The van der Waals surface area contributed by atoms with Crippen LogP contribution in [0, 0.1) is 5.92 Å². The number of piperidine rings is 1. The number of nitrogens with zero attached hydrogens (tertiary/aromatic N) is 1. The number of hydrogen-bond acceptors (Lipinski definition) is 3. The zero-order valence-corrected chi connectivity index (χ0v) is 9.57. The summed E-state index contributed by atoms with van der Waals surface area (Å²) in [5, 5.41) is 18.2. The Labute approximate surface area is 90.9 Å². The number of aliphatic hydroxyl groups is 1. The van der Waals surface area contributed by atoms with E-state index in [1.54, 1.807) is 6.92 Å². The van der Waals surface area contributed by atoms with Crippen LogP contribution in [-0.2, 0) is 4.79 Å². The van der Waals surface area contributed by atoms with Gasteiger partial charge in [-0.25, -0.2) is 0 Å². The molecule has 2 N–H and O–H groups in total. The third-order valence-electron chi connectivity index (χ3n) is 3.34. The van der Waals surface area contributed by atoms with Crippen molar-refractivity contribution in [2.75, 3.05) is 19.7 Å². The molecule has 0 saturated carbocycles. The average Bonchev–Trinajstić information content (AvgIpc) is 2.21. The molecule has 1 fully saturated rings. The molecule has 0 aromatic carbocycles. The van der Waals surface area contributed by atoms with E-state index in [0.717, 1.165) is 19.4 Å². The van der Waals surface area contributed by atoms with Crippen LogP contribution in [0.3, 0.4) is 0 Å². The lowest BCUT2D eigenvalue weighted by Gasteiger charge is -2.42. The van der Waals surface area contributed by atoms with E-state index in [9.17, 15) is 9.90 Å². The number of rotatable bonds is 4. The molecule has 2 unspecified atom stereocenters. The SMILES string of the molecule is CC(CO)CN1CCCCC1(C)C(=O)O. The van der Waals surface area contributed by atoms with Gasteiger partial charge in [0.1, 0.15) is 5.54 Å². The van der Waals surface area contributed by atoms with Crippen molar-refractivity contribution in [1.82, 2.24) is 4.90 Å². The summed E-state index contributed by atoms with van der Waals surface area (Å²) < 4.78 is 0. The molecule has 1 aliphatic heterocycles. The quantitative estimate of drug-likeness (QED) is 0.733. The molecule has 1 rings (SSSR count). The van der Waals surface area contributed by atoms with Gasteiger partial charge in [0.05, 0.1) is 0 Å². The highest BCUT2D eigenvalue weighted by Gasteiger charge is 2.41. The Balaban J connectivity index is 2.69. The maximum absolute atomic E-state index is 11.3. The predicted octanol–water partition coefficient (Wildman–Crippen LogP) is 0.944. The summed E-state index contributed by atoms with van der Waals surface area (Å²) in [5.74, 6) is -0.603. The Morgan fingerprint density at radius 1 is 1.53 bits per heavy atom. The predicted molar refractivity (Wildman–Crippen MR) is 57.7 cm³/mol. The maximum atomic E-state index is 11.3. The van der Waals surface area contributed by atoms with Gasteiger partial charge in [-0.1, -0.05) is 6.92 Å². The Bertz CT molecular complexity index is 232. The van der Waals surface area contributed by atoms with Crippen molar-refractivity contribution in [2.24, 2.45) is 5.92 Å². The Morgan fingerprint density at radius 3 is 2.73 bits per heavy atom. The topological polar surface area (TPSA) is 60.8 Å². The molecule has 0 spiro atoms. The zero-order chi connectivity index (χ0) is 11.5. The number of aliphatic hydroxyl groups excluding tert-OH is 1. The standard InChI is InChI=1S/C11H21NO3/c1-9(8-13)7-12-6-4-3-5-11(12,2)10(14)15/h9,13H,3-8H2,1-2H3,(H,14,15). The molecule has 15 heavy (non-hydrogen) atoms. The van der Waals surface area contributed by atoms with Crippen LogP contribution in [0.2, 0.25) is 0 Å². The second kappa shape index (κ2) is 4.94. The van der Waals surface area contributed by atoms with Crippen molar-refractivity contribution < 1.29 is 15.0 Å². The van der Waals surface area contributed by atoms with Gasteiger partial charge in [-0.15, -0.1) is 0 Å². The Kier molecular flexibility index (Phi) is 4.11. The van der Waals surface area contributed by atoms with E-state index in [2.05, 4.69) is 0 Å². The fourth-order valence-corrected chi connectivity index (χ4v) is 2.15. The highest BCUT2D eigenvalue weighted by Crippen LogP contribution is 2.28. The molecule has 0 bridgehead atoms. The average molecular weight is 215 g/mol. The van der Waals surface area contributed by atoms with Crippen molar-refractivity contribution in [3.63, 3.8) is 0 Å². The molecule has 1 saturated heterocycles. The number of likely N-dealkylation sites (tertiary alicyclic amines) is 1. The summed E-state index contributed by atoms with van der Waals surface area (Å²) >= 11 is 0. The van der Waals surface area contributed by atoms with Crippen molar-refractivity contribution in [2.45, 2.75) is 38.6 Å². The monoisotopic (exact) mass is 215 g/mol. The van der Waals surface area contributed by atoms with Gasteiger partial charge in [-0.05, 0) is 38.6 Å². The first-order chi connectivity index (χ1) is 7.00. The molecule has 1 heterocycles. The molecular formula is C11H21NO3. The highest BCUT2D eigenvalue weighted by molar-refractivity contribution is 5.78. The molecule has 0 amide bonds. The van der Waals surface area contributed by atoms with E-state index < -0.39 is 11.5 Å². The van der Waals surface area contributed by atoms with E-state index in [1.807, 2.05) is 11.8 Å². The van der Waals surface area contributed by atoms with Crippen LogP contribution in [0.5, 0.6) is 0 Å². The van der Waals surface area contributed by atoms with E-state index >= 15 is 0 Å². The van der Waals surface area contributed by atoms with Crippen molar-refractivity contribution in [1.29, 1.82) is 0 Å². The fraction of sp³-hybridized carbons (Fsp3) is 0.909. The zero-order valence-electron chi connectivity index (χ0n) is 9.57. The molecule has 88 valence electrons. The molecular weight excluding hydrogens is 194 g/mol. The minimum Gasteiger partial charge on any atom is -0.480 e. The largest absolute Gasteiger partial charge is 0.480 e. The normalized spacial score (nSPS) is 30.1. The number of carbonyl (C=O) groups is 1. The van der Waals surface area contributed by atoms with Gasteiger partial charge in [-0.2, -0.15) is 0 Å². The molecule has 0 aliphatic carbocycles. The summed E-state index contributed by atoms with van der Waals surface area (Å²) in [6, 6.07) is 0. The smallest absolute Gasteiger partial charge is 0.323 e. The first-order valence-electron chi connectivity index (χ1n) is 5.60. The summed E-state index contributed by atoms with van der Waals surface area (Å²) in [7, 11) is 0. The second-order valence-electron chi connectivity index (χ2n) is 4.77. The summed E-state index contributed by atoms with van der Waals surface area (Å²) in [6.45, 7) is 5.34. The minimum atomic E-state index is -0.743. The second-order valence-corrected chi connectivity index (χ2v) is 4.77. The third-order valence-corrected chi connectivity index (χ3v) is 3.34. The van der Waals surface area contributed by atoms with Crippen molar-refractivity contribution >= 4 is 5.97 Å². The van der Waals surface area contributed by atoms with E-state index in [4.69, 9.17) is 5.11 Å². The number of carboxylic acid groups (broad SMARTS) is 1. The molecule has 4 nitrogen and oxygen atoms in total. The first-order valence-corrected chi connectivity index (χ1v) is 5.60. The fourth-order valence-electron chi connectivity index (χ4n) is 2.15.